The van der Waals surface area contributed by atoms with Crippen molar-refractivity contribution in [1.82, 2.24) is 0 Å². The van der Waals surface area contributed by atoms with E-state index in [9.17, 15) is 10.2 Å². The Labute approximate surface area is 167 Å². The van der Waals surface area contributed by atoms with Crippen LogP contribution >= 0.6 is 23.8 Å². The molecule has 1 saturated heterocycles. The molecular weight excluding hydrogens is 392 g/mol. The predicted molar refractivity (Wildman–Crippen MR) is 103 cm³/mol. The molecule has 5 atom stereocenters. The van der Waals surface area contributed by atoms with Gasteiger partial charge in [0.1, 0.15) is 17.6 Å². The molecule has 144 valence electrons. The van der Waals surface area contributed by atoms with Crippen molar-refractivity contribution in [2.45, 2.75) is 37.6 Å². The molecule has 2 aromatic carbocycles. The Morgan fingerprint density at radius 2 is 1.67 bits per heavy atom. The molecule has 3 rings (SSSR count). The Bertz CT molecular complexity index is 757. The van der Waals surface area contributed by atoms with Crippen molar-refractivity contribution >= 4 is 29.1 Å². The fourth-order valence-electron chi connectivity index (χ4n) is 2.60. The van der Waals surface area contributed by atoms with Crippen molar-refractivity contribution in [2.75, 3.05) is 0 Å². The van der Waals surface area contributed by atoms with Crippen molar-refractivity contribution in [1.29, 1.82) is 0 Å². The average Bonchev–Trinajstić information content (AvgIpc) is 2.66. The van der Waals surface area contributed by atoms with Gasteiger partial charge in [-0.15, -0.1) is 0 Å². The molecule has 2 N–H and O–H groups in total. The third-order valence-electron chi connectivity index (χ3n) is 4.02. The molecule has 0 amide bonds. The first-order valence-corrected chi connectivity index (χ1v) is 9.10. The monoisotopic (exact) mass is 410 g/mol. The van der Waals surface area contributed by atoms with Crippen molar-refractivity contribution in [3.05, 3.63) is 59.6 Å². The zero-order valence-corrected chi connectivity index (χ0v) is 16.0. The number of thiocarbonyl (C=S) groups is 1. The minimum atomic E-state index is -1.30. The molecule has 1 aliphatic rings. The van der Waals surface area contributed by atoms with E-state index in [1.807, 2.05) is 6.07 Å². The molecule has 0 aliphatic carbocycles. The van der Waals surface area contributed by atoms with E-state index in [0.29, 0.717) is 16.5 Å². The van der Waals surface area contributed by atoms with Crippen LogP contribution in [0.3, 0.4) is 0 Å². The quantitative estimate of drug-likeness (QED) is 0.750. The number of rotatable bonds is 4. The van der Waals surface area contributed by atoms with E-state index >= 15 is 0 Å². The molecule has 0 radical (unpaired) electrons. The van der Waals surface area contributed by atoms with Crippen molar-refractivity contribution in [3.63, 3.8) is 0 Å². The molecule has 27 heavy (non-hydrogen) atoms. The molecule has 0 spiro atoms. The highest BCUT2D eigenvalue weighted by Crippen LogP contribution is 2.27. The van der Waals surface area contributed by atoms with Crippen LogP contribution in [0.5, 0.6) is 11.5 Å². The van der Waals surface area contributed by atoms with Gasteiger partial charge in [0.25, 0.3) is 0 Å². The van der Waals surface area contributed by atoms with E-state index in [2.05, 4.69) is 0 Å². The number of halogens is 1. The van der Waals surface area contributed by atoms with Gasteiger partial charge < -0.3 is 29.2 Å². The third kappa shape index (κ3) is 5.09. The number of aliphatic hydroxyl groups excluding tert-OH is 2. The van der Waals surface area contributed by atoms with Crippen LogP contribution in [-0.2, 0) is 9.47 Å². The first kappa shape index (κ1) is 19.9. The topological polar surface area (TPSA) is 77.4 Å². The SMILES string of the molecule is C[C@@H]1O[C@H](Oc2ccc(Cl)cc2)[C@H](O)[C@H](OC(=S)Oc2ccccc2)[C@H]1O. The summed E-state index contributed by atoms with van der Waals surface area (Å²) in [6, 6.07) is 15.4. The predicted octanol–water partition coefficient (Wildman–Crippen LogP) is 2.93. The summed E-state index contributed by atoms with van der Waals surface area (Å²) in [5.41, 5.74) is 0. The maximum Gasteiger partial charge on any atom is 0.358 e. The van der Waals surface area contributed by atoms with Crippen molar-refractivity contribution < 1.29 is 29.2 Å². The summed E-state index contributed by atoms with van der Waals surface area (Å²) in [4.78, 5) is 0. The van der Waals surface area contributed by atoms with Gasteiger partial charge in [-0.25, -0.2) is 0 Å². The van der Waals surface area contributed by atoms with E-state index in [4.69, 9.17) is 42.8 Å². The van der Waals surface area contributed by atoms with Gasteiger partial charge >= 0.3 is 5.24 Å². The standard InChI is InChI=1S/C19H19ClO6S/c1-11-15(21)17(26-19(27)25-13-5-3-2-4-6-13)16(22)18(23-11)24-14-9-7-12(20)8-10-14/h2-11,15-18,21-22H,1H3/t11-,15-,16+,17+,18+/m0/s1. The fraction of sp³-hybridized carbons (Fsp3) is 0.316. The summed E-state index contributed by atoms with van der Waals surface area (Å²) in [5, 5.41) is 21.3. The maximum atomic E-state index is 10.6. The highest BCUT2D eigenvalue weighted by atomic mass is 35.5. The molecule has 8 heteroatoms. The Hall–Kier alpha value is -1.90. The highest BCUT2D eigenvalue weighted by Gasteiger charge is 2.46. The second-order valence-corrected chi connectivity index (χ2v) is 6.78. The second-order valence-electron chi connectivity index (χ2n) is 6.01. The summed E-state index contributed by atoms with van der Waals surface area (Å²) < 4.78 is 22.1. The summed E-state index contributed by atoms with van der Waals surface area (Å²) >= 11 is 10.9. The Kier molecular flexibility index (Phi) is 6.51. The highest BCUT2D eigenvalue weighted by molar-refractivity contribution is 7.79. The number of aliphatic hydroxyl groups is 2. The molecule has 0 bridgehead atoms. The van der Waals surface area contributed by atoms with Crippen LogP contribution < -0.4 is 9.47 Å². The first-order chi connectivity index (χ1) is 12.9. The molecule has 1 heterocycles. The van der Waals surface area contributed by atoms with Crippen LogP contribution in [0.4, 0.5) is 0 Å². The number of benzene rings is 2. The third-order valence-corrected chi connectivity index (χ3v) is 4.46. The van der Waals surface area contributed by atoms with E-state index in [1.165, 1.54) is 0 Å². The normalized spacial score (nSPS) is 27.6. The van der Waals surface area contributed by atoms with Gasteiger partial charge in [0.05, 0.1) is 6.10 Å². The Morgan fingerprint density at radius 3 is 2.33 bits per heavy atom. The van der Waals surface area contributed by atoms with Gasteiger partial charge in [0.15, 0.2) is 12.2 Å². The molecule has 0 aromatic heterocycles. The second kappa shape index (κ2) is 8.86. The van der Waals surface area contributed by atoms with Gasteiger partial charge in [0, 0.05) is 17.2 Å². The van der Waals surface area contributed by atoms with Crippen LogP contribution in [0.15, 0.2) is 54.6 Å². The van der Waals surface area contributed by atoms with E-state index in [-0.39, 0.29) is 5.24 Å². The number of ether oxygens (including phenoxy) is 4. The van der Waals surface area contributed by atoms with E-state index in [0.717, 1.165) is 0 Å². The van der Waals surface area contributed by atoms with E-state index in [1.54, 1.807) is 55.5 Å². The van der Waals surface area contributed by atoms with Crippen LogP contribution in [0.1, 0.15) is 6.92 Å². The zero-order valence-electron chi connectivity index (χ0n) is 14.4. The largest absolute Gasteiger partial charge is 0.462 e. The number of hydrogen-bond donors (Lipinski definition) is 2. The lowest BCUT2D eigenvalue weighted by Crippen LogP contribution is -2.59. The summed E-state index contributed by atoms with van der Waals surface area (Å²) in [6.07, 6.45) is -5.22. The van der Waals surface area contributed by atoms with Gasteiger partial charge in [-0.1, -0.05) is 29.8 Å². The summed E-state index contributed by atoms with van der Waals surface area (Å²) in [5.74, 6) is 0.939. The molecule has 2 aromatic rings. The lowest BCUT2D eigenvalue weighted by molar-refractivity contribution is -0.266. The first-order valence-electron chi connectivity index (χ1n) is 8.31. The van der Waals surface area contributed by atoms with Gasteiger partial charge in [-0.3, -0.25) is 0 Å². The molecule has 1 aliphatic heterocycles. The van der Waals surface area contributed by atoms with E-state index < -0.39 is 30.7 Å². The maximum absolute atomic E-state index is 10.6. The van der Waals surface area contributed by atoms with Crippen LogP contribution in [0.2, 0.25) is 5.02 Å². The smallest absolute Gasteiger partial charge is 0.358 e. The van der Waals surface area contributed by atoms with Crippen LogP contribution in [0.25, 0.3) is 0 Å². The molecule has 0 saturated carbocycles. The lowest BCUT2D eigenvalue weighted by atomic mass is 10.00. The zero-order chi connectivity index (χ0) is 19.4. The number of hydrogen-bond acceptors (Lipinski definition) is 7. The average molecular weight is 411 g/mol. The molecule has 6 nitrogen and oxygen atoms in total. The Morgan fingerprint density at radius 1 is 1.00 bits per heavy atom. The van der Waals surface area contributed by atoms with Gasteiger partial charge in [-0.05, 0) is 43.3 Å². The van der Waals surface area contributed by atoms with Crippen LogP contribution in [-0.4, -0.2) is 46.2 Å². The van der Waals surface area contributed by atoms with Gasteiger partial charge in [0.2, 0.25) is 6.29 Å². The minimum absolute atomic E-state index is 0.219. The molecular formula is C19H19ClO6S. The number of para-hydroxylation sites is 1. The lowest BCUT2D eigenvalue weighted by Gasteiger charge is -2.40. The van der Waals surface area contributed by atoms with Gasteiger partial charge in [-0.2, -0.15) is 0 Å². The molecule has 1 fully saturated rings. The summed E-state index contributed by atoms with van der Waals surface area (Å²) in [6.45, 7) is 1.65. The Balaban J connectivity index is 1.67. The summed E-state index contributed by atoms with van der Waals surface area (Å²) in [7, 11) is 0. The fourth-order valence-corrected chi connectivity index (χ4v) is 2.93. The minimum Gasteiger partial charge on any atom is -0.462 e. The van der Waals surface area contributed by atoms with Crippen molar-refractivity contribution in [3.8, 4) is 11.5 Å². The van der Waals surface area contributed by atoms with Crippen molar-refractivity contribution in [2.24, 2.45) is 0 Å². The molecule has 0 unspecified atom stereocenters. The van der Waals surface area contributed by atoms with Crippen LogP contribution in [0, 0.1) is 0 Å².